The molecule has 0 saturated carbocycles. The number of rotatable bonds is 4. The molecule has 9 heteroatoms. The van der Waals surface area contributed by atoms with Gasteiger partial charge in [-0.1, -0.05) is 6.08 Å². The zero-order valence-electron chi connectivity index (χ0n) is 14.3. The van der Waals surface area contributed by atoms with Crippen molar-refractivity contribution in [1.82, 2.24) is 10.3 Å². The molecule has 1 heterocycles. The number of allylic oxidation sites excluding steroid dienone is 3. The van der Waals surface area contributed by atoms with Crippen LogP contribution in [-0.4, -0.2) is 22.6 Å². The zero-order chi connectivity index (χ0) is 20.1. The molecular weight excluding hydrogens is 395 g/mol. The second-order valence-corrected chi connectivity index (χ2v) is 6.39. The highest BCUT2D eigenvalue weighted by atomic mass is 35.5. The number of urea groups is 1. The summed E-state index contributed by atoms with van der Waals surface area (Å²) in [6.07, 6.45) is 2.12. The standard InChI is InChI=1S/C19H15ClF3N3O2/c20-17-6-3-13(11-16(17)19(21,22)23)26-18(27)25-12-1-4-14(5-2-12)28-15-7-9-24-10-8-15/h1-11,16-17H,(H2,25,26,27)/t16-,17?/m1/s1. The predicted molar refractivity (Wildman–Crippen MR) is 99.3 cm³/mol. The third-order valence-electron chi connectivity index (χ3n) is 3.80. The Morgan fingerprint density at radius 2 is 1.68 bits per heavy atom. The summed E-state index contributed by atoms with van der Waals surface area (Å²) >= 11 is 5.68. The molecule has 2 N–H and O–H groups in total. The highest BCUT2D eigenvalue weighted by Crippen LogP contribution is 2.35. The van der Waals surface area contributed by atoms with E-state index in [4.69, 9.17) is 16.3 Å². The number of halogens is 4. The second-order valence-electron chi connectivity index (χ2n) is 5.88. The molecule has 3 rings (SSSR count). The van der Waals surface area contributed by atoms with Crippen LogP contribution in [-0.2, 0) is 0 Å². The van der Waals surface area contributed by atoms with Crippen LogP contribution in [0.3, 0.4) is 0 Å². The van der Waals surface area contributed by atoms with E-state index in [0.717, 1.165) is 6.08 Å². The average Bonchev–Trinajstić information content (AvgIpc) is 2.65. The minimum atomic E-state index is -4.49. The lowest BCUT2D eigenvalue weighted by atomic mass is 9.98. The fourth-order valence-electron chi connectivity index (χ4n) is 2.46. The van der Waals surface area contributed by atoms with Gasteiger partial charge in [0.15, 0.2) is 0 Å². The van der Waals surface area contributed by atoms with Crippen LogP contribution in [0.15, 0.2) is 72.7 Å². The van der Waals surface area contributed by atoms with Crippen LogP contribution in [0.2, 0.25) is 0 Å². The van der Waals surface area contributed by atoms with Gasteiger partial charge in [-0.25, -0.2) is 4.79 Å². The molecule has 1 unspecified atom stereocenters. The normalized spacial score (nSPS) is 18.9. The van der Waals surface area contributed by atoms with E-state index in [1.54, 1.807) is 48.8 Å². The van der Waals surface area contributed by atoms with E-state index in [-0.39, 0.29) is 5.70 Å². The summed E-state index contributed by atoms with van der Waals surface area (Å²) in [4.78, 5) is 15.9. The number of aromatic nitrogens is 1. The van der Waals surface area contributed by atoms with E-state index in [1.807, 2.05) is 0 Å². The molecule has 1 aliphatic carbocycles. The molecule has 28 heavy (non-hydrogen) atoms. The Morgan fingerprint density at radius 3 is 2.32 bits per heavy atom. The SMILES string of the molecule is O=C(NC1=C[C@@H](C(F)(F)F)C(Cl)C=C1)Nc1ccc(Oc2ccncc2)cc1. The van der Waals surface area contributed by atoms with E-state index in [1.165, 1.54) is 12.2 Å². The van der Waals surface area contributed by atoms with E-state index in [2.05, 4.69) is 15.6 Å². The zero-order valence-corrected chi connectivity index (χ0v) is 15.0. The van der Waals surface area contributed by atoms with Gasteiger partial charge in [0.25, 0.3) is 0 Å². The van der Waals surface area contributed by atoms with E-state index < -0.39 is 23.5 Å². The molecule has 2 amide bonds. The first kappa shape index (κ1) is 19.8. The van der Waals surface area contributed by atoms with E-state index >= 15 is 0 Å². The topological polar surface area (TPSA) is 63.2 Å². The van der Waals surface area contributed by atoms with Gasteiger partial charge in [-0.05, 0) is 48.6 Å². The fourth-order valence-corrected chi connectivity index (χ4v) is 2.75. The molecule has 0 radical (unpaired) electrons. The fraction of sp³-hybridized carbons (Fsp3) is 0.158. The molecule has 1 aromatic carbocycles. The third-order valence-corrected chi connectivity index (χ3v) is 4.21. The Morgan fingerprint density at radius 1 is 1.04 bits per heavy atom. The van der Waals surface area contributed by atoms with Crippen molar-refractivity contribution < 1.29 is 22.7 Å². The van der Waals surface area contributed by atoms with Gasteiger partial charge < -0.3 is 15.4 Å². The van der Waals surface area contributed by atoms with Crippen LogP contribution >= 0.6 is 11.6 Å². The van der Waals surface area contributed by atoms with Crippen molar-refractivity contribution in [1.29, 1.82) is 0 Å². The predicted octanol–water partition coefficient (Wildman–Crippen LogP) is 5.24. The quantitative estimate of drug-likeness (QED) is 0.679. The smallest absolute Gasteiger partial charge is 0.396 e. The number of anilines is 1. The van der Waals surface area contributed by atoms with Crippen molar-refractivity contribution in [3.8, 4) is 11.5 Å². The van der Waals surface area contributed by atoms with Crippen LogP contribution in [0.5, 0.6) is 11.5 Å². The van der Waals surface area contributed by atoms with Crippen molar-refractivity contribution in [3.63, 3.8) is 0 Å². The average molecular weight is 410 g/mol. The largest absolute Gasteiger partial charge is 0.457 e. The molecule has 146 valence electrons. The third kappa shape index (κ3) is 5.26. The molecule has 0 fully saturated rings. The molecule has 2 aromatic rings. The summed E-state index contributed by atoms with van der Waals surface area (Å²) in [6, 6.07) is 9.23. The summed E-state index contributed by atoms with van der Waals surface area (Å²) in [5.41, 5.74) is 0.469. The molecule has 5 nitrogen and oxygen atoms in total. The summed E-state index contributed by atoms with van der Waals surface area (Å²) in [7, 11) is 0. The first-order valence-electron chi connectivity index (χ1n) is 8.18. The maximum atomic E-state index is 12.9. The van der Waals surface area contributed by atoms with Gasteiger partial charge in [0.1, 0.15) is 11.5 Å². The lowest BCUT2D eigenvalue weighted by Crippen LogP contribution is -2.34. The van der Waals surface area contributed by atoms with E-state index in [0.29, 0.717) is 17.2 Å². The summed E-state index contributed by atoms with van der Waals surface area (Å²) in [6.45, 7) is 0. The molecule has 1 aliphatic rings. The van der Waals surface area contributed by atoms with Crippen LogP contribution < -0.4 is 15.4 Å². The number of hydrogen-bond acceptors (Lipinski definition) is 3. The van der Waals surface area contributed by atoms with Crippen molar-refractivity contribution in [2.45, 2.75) is 11.6 Å². The monoisotopic (exact) mass is 409 g/mol. The Bertz CT molecular complexity index is 884. The van der Waals surface area contributed by atoms with Crippen LogP contribution in [0.25, 0.3) is 0 Å². The number of hydrogen-bond donors (Lipinski definition) is 2. The van der Waals surface area contributed by atoms with Gasteiger partial charge in [0.2, 0.25) is 0 Å². The first-order chi connectivity index (χ1) is 13.3. The summed E-state index contributed by atoms with van der Waals surface area (Å²) in [5.74, 6) is -0.698. The number of ether oxygens (including phenoxy) is 1. The molecule has 0 spiro atoms. The summed E-state index contributed by atoms with van der Waals surface area (Å²) in [5, 5.41) is 3.71. The molecule has 1 aromatic heterocycles. The van der Waals surface area contributed by atoms with Crippen molar-refractivity contribution >= 4 is 23.3 Å². The van der Waals surface area contributed by atoms with Crippen LogP contribution in [0.1, 0.15) is 0 Å². The molecule has 0 saturated heterocycles. The Kier molecular flexibility index (Phi) is 5.89. The van der Waals surface area contributed by atoms with Crippen molar-refractivity contribution in [2.24, 2.45) is 5.92 Å². The number of alkyl halides is 4. The lowest BCUT2D eigenvalue weighted by molar-refractivity contribution is -0.159. The van der Waals surface area contributed by atoms with Crippen LogP contribution in [0.4, 0.5) is 23.7 Å². The van der Waals surface area contributed by atoms with Gasteiger partial charge in [-0.2, -0.15) is 13.2 Å². The molecule has 2 atom stereocenters. The maximum absolute atomic E-state index is 12.9. The second kappa shape index (κ2) is 8.35. The highest BCUT2D eigenvalue weighted by molar-refractivity contribution is 6.22. The number of carbonyl (C=O) groups excluding carboxylic acids is 1. The minimum Gasteiger partial charge on any atom is -0.457 e. The number of nitrogens with one attached hydrogen (secondary N) is 2. The van der Waals surface area contributed by atoms with Gasteiger partial charge >= 0.3 is 12.2 Å². The maximum Gasteiger partial charge on any atom is 0.396 e. The molecular formula is C19H15ClF3N3O2. The molecule has 0 aliphatic heterocycles. The van der Waals surface area contributed by atoms with Crippen molar-refractivity contribution in [3.05, 3.63) is 72.7 Å². The first-order valence-corrected chi connectivity index (χ1v) is 8.62. The van der Waals surface area contributed by atoms with E-state index in [9.17, 15) is 18.0 Å². The number of amides is 2. The minimum absolute atomic E-state index is 0.0226. The Balaban J connectivity index is 1.58. The number of nitrogens with zero attached hydrogens (tertiary/aromatic N) is 1. The van der Waals surface area contributed by atoms with Gasteiger partial charge in [-0.3, -0.25) is 4.98 Å². The van der Waals surface area contributed by atoms with Crippen molar-refractivity contribution in [2.75, 3.05) is 5.32 Å². The highest BCUT2D eigenvalue weighted by Gasteiger charge is 2.43. The van der Waals surface area contributed by atoms with Gasteiger partial charge in [0.05, 0.1) is 11.3 Å². The Hall–Kier alpha value is -3.00. The number of pyridine rings is 1. The number of benzene rings is 1. The van der Waals surface area contributed by atoms with Gasteiger partial charge in [0, 0.05) is 23.8 Å². The lowest BCUT2D eigenvalue weighted by Gasteiger charge is -2.24. The van der Waals surface area contributed by atoms with Crippen LogP contribution in [0, 0.1) is 5.92 Å². The summed E-state index contributed by atoms with van der Waals surface area (Å²) < 4.78 is 44.4. The number of carbonyl (C=O) groups is 1. The Labute approximate surface area is 163 Å². The molecule has 0 bridgehead atoms. The van der Waals surface area contributed by atoms with Gasteiger partial charge in [-0.15, -0.1) is 11.6 Å².